The molecule has 0 aromatic heterocycles. The van der Waals surface area contributed by atoms with Gasteiger partial charge in [0.25, 0.3) is 11.8 Å². The van der Waals surface area contributed by atoms with Crippen LogP contribution in [0.15, 0.2) is 66.7 Å². The van der Waals surface area contributed by atoms with E-state index in [1.165, 1.54) is 12.8 Å². The van der Waals surface area contributed by atoms with E-state index in [4.69, 9.17) is 4.74 Å². The molecule has 5 heteroatoms. The lowest BCUT2D eigenvalue weighted by Crippen LogP contribution is -2.18. The Morgan fingerprint density at radius 3 is 2.27 bits per heavy atom. The van der Waals surface area contributed by atoms with Gasteiger partial charge in [0.15, 0.2) is 0 Å². The van der Waals surface area contributed by atoms with E-state index in [0.29, 0.717) is 23.4 Å². The maximum absolute atomic E-state index is 12.9. The van der Waals surface area contributed by atoms with E-state index in [2.05, 4.69) is 17.6 Å². The number of carbonyl (C=O) groups excluding carboxylic acids is 2. The molecule has 0 fully saturated rings. The van der Waals surface area contributed by atoms with Gasteiger partial charge in [-0.25, -0.2) is 0 Å². The molecule has 3 rings (SSSR count). The molecule has 0 saturated carbocycles. The molecular weight excluding hydrogens is 412 g/mol. The fraction of sp³-hybridized carbons (Fsp3) is 0.286. The first-order valence-electron chi connectivity index (χ1n) is 11.5. The Hall–Kier alpha value is -3.60. The van der Waals surface area contributed by atoms with Crippen molar-refractivity contribution in [3.63, 3.8) is 0 Å². The van der Waals surface area contributed by atoms with E-state index in [1.54, 1.807) is 48.5 Å². The molecule has 0 aliphatic rings. The van der Waals surface area contributed by atoms with Gasteiger partial charge in [-0.3, -0.25) is 9.59 Å². The predicted molar refractivity (Wildman–Crippen MR) is 134 cm³/mol. The summed E-state index contributed by atoms with van der Waals surface area (Å²) in [7, 11) is 0. The van der Waals surface area contributed by atoms with Crippen molar-refractivity contribution in [3.05, 3.63) is 89.0 Å². The SMILES string of the molecule is CCCCCCOc1ccc(C(=O)Nc2ccccc2C(=O)Nc2ccc(C)c(C)c2)cc1. The minimum atomic E-state index is -0.282. The van der Waals surface area contributed by atoms with Gasteiger partial charge in [-0.15, -0.1) is 0 Å². The summed E-state index contributed by atoms with van der Waals surface area (Å²) in [6.45, 7) is 6.88. The first-order chi connectivity index (χ1) is 16.0. The summed E-state index contributed by atoms with van der Waals surface area (Å²) in [6.07, 6.45) is 4.59. The third-order valence-corrected chi connectivity index (χ3v) is 5.57. The zero-order valence-electron chi connectivity index (χ0n) is 19.6. The number of anilines is 2. The highest BCUT2D eigenvalue weighted by Gasteiger charge is 2.15. The molecule has 3 aromatic carbocycles. The van der Waals surface area contributed by atoms with Crippen molar-refractivity contribution in [1.29, 1.82) is 0 Å². The minimum absolute atomic E-state index is 0.277. The largest absolute Gasteiger partial charge is 0.494 e. The molecule has 0 spiro atoms. The van der Waals surface area contributed by atoms with Crippen LogP contribution < -0.4 is 15.4 Å². The lowest BCUT2D eigenvalue weighted by Gasteiger charge is -2.13. The van der Waals surface area contributed by atoms with Gasteiger partial charge in [-0.1, -0.05) is 44.4 Å². The third-order valence-electron chi connectivity index (χ3n) is 5.57. The van der Waals surface area contributed by atoms with Gasteiger partial charge in [0.2, 0.25) is 0 Å². The Morgan fingerprint density at radius 1 is 0.788 bits per heavy atom. The monoisotopic (exact) mass is 444 g/mol. The standard InChI is InChI=1S/C28H32N2O3/c1-4-5-6-9-18-33-24-16-13-22(14-17-24)27(31)30-26-11-8-7-10-25(26)28(32)29-23-15-12-20(2)21(3)19-23/h7-8,10-17,19H,4-6,9,18H2,1-3H3,(H,29,32)(H,30,31). The van der Waals surface area contributed by atoms with E-state index in [0.717, 1.165) is 35.4 Å². The van der Waals surface area contributed by atoms with Crippen molar-refractivity contribution in [3.8, 4) is 5.75 Å². The molecule has 0 saturated heterocycles. The van der Waals surface area contributed by atoms with Gasteiger partial charge < -0.3 is 15.4 Å². The fourth-order valence-corrected chi connectivity index (χ4v) is 3.42. The summed E-state index contributed by atoms with van der Waals surface area (Å²) in [4.78, 5) is 25.7. The maximum Gasteiger partial charge on any atom is 0.257 e. The molecule has 172 valence electrons. The fourth-order valence-electron chi connectivity index (χ4n) is 3.42. The molecule has 0 atom stereocenters. The average molecular weight is 445 g/mol. The molecule has 5 nitrogen and oxygen atoms in total. The summed E-state index contributed by atoms with van der Waals surface area (Å²) in [5.74, 6) is 0.188. The van der Waals surface area contributed by atoms with E-state index in [9.17, 15) is 9.59 Å². The van der Waals surface area contributed by atoms with E-state index >= 15 is 0 Å². The Balaban J connectivity index is 1.63. The first kappa shape index (κ1) is 24.1. The second kappa shape index (κ2) is 11.9. The molecular formula is C28H32N2O3. The van der Waals surface area contributed by atoms with Crippen LogP contribution in [0.4, 0.5) is 11.4 Å². The number of ether oxygens (including phenoxy) is 1. The van der Waals surface area contributed by atoms with Crippen LogP contribution in [0, 0.1) is 13.8 Å². The molecule has 0 bridgehead atoms. The second-order valence-corrected chi connectivity index (χ2v) is 8.19. The van der Waals surface area contributed by atoms with Crippen LogP contribution in [0.25, 0.3) is 0 Å². The second-order valence-electron chi connectivity index (χ2n) is 8.19. The quantitative estimate of drug-likeness (QED) is 0.339. The highest BCUT2D eigenvalue weighted by atomic mass is 16.5. The van der Waals surface area contributed by atoms with Crippen LogP contribution in [0.3, 0.4) is 0 Å². The number of hydrogen-bond donors (Lipinski definition) is 2. The van der Waals surface area contributed by atoms with Crippen molar-refractivity contribution in [2.75, 3.05) is 17.2 Å². The number of rotatable bonds is 10. The number of unbranched alkanes of at least 4 members (excludes halogenated alkanes) is 3. The normalized spacial score (nSPS) is 10.5. The lowest BCUT2D eigenvalue weighted by molar-refractivity contribution is 0.102. The molecule has 0 radical (unpaired) electrons. The molecule has 33 heavy (non-hydrogen) atoms. The number of aryl methyl sites for hydroxylation is 2. The van der Waals surface area contributed by atoms with E-state index in [1.807, 2.05) is 32.0 Å². The summed E-state index contributed by atoms with van der Waals surface area (Å²) in [5.41, 5.74) is 4.33. The molecule has 2 N–H and O–H groups in total. The molecule has 2 amide bonds. The highest BCUT2D eigenvalue weighted by Crippen LogP contribution is 2.21. The van der Waals surface area contributed by atoms with Gasteiger partial charge >= 0.3 is 0 Å². The number of para-hydroxylation sites is 1. The van der Waals surface area contributed by atoms with Gasteiger partial charge in [0.1, 0.15) is 5.75 Å². The Morgan fingerprint density at radius 2 is 1.55 bits per heavy atom. The zero-order valence-corrected chi connectivity index (χ0v) is 19.6. The zero-order chi connectivity index (χ0) is 23.6. The van der Waals surface area contributed by atoms with Crippen molar-refractivity contribution in [2.45, 2.75) is 46.5 Å². The number of nitrogens with one attached hydrogen (secondary N) is 2. The maximum atomic E-state index is 12.9. The highest BCUT2D eigenvalue weighted by molar-refractivity contribution is 6.12. The Bertz CT molecular complexity index is 1090. The lowest BCUT2D eigenvalue weighted by atomic mass is 10.1. The number of benzene rings is 3. The van der Waals surface area contributed by atoms with Crippen LogP contribution in [-0.2, 0) is 0 Å². The van der Waals surface area contributed by atoms with Gasteiger partial charge in [-0.05, 0) is 79.9 Å². The van der Waals surface area contributed by atoms with Crippen molar-refractivity contribution in [2.24, 2.45) is 0 Å². The van der Waals surface area contributed by atoms with Crippen molar-refractivity contribution < 1.29 is 14.3 Å². The molecule has 0 aliphatic carbocycles. The van der Waals surface area contributed by atoms with Crippen LogP contribution in [-0.4, -0.2) is 18.4 Å². The molecule has 0 heterocycles. The number of carbonyl (C=O) groups is 2. The van der Waals surface area contributed by atoms with Gasteiger partial charge in [0.05, 0.1) is 17.9 Å². The first-order valence-corrected chi connectivity index (χ1v) is 11.5. The number of hydrogen-bond acceptors (Lipinski definition) is 3. The number of amides is 2. The molecule has 3 aromatic rings. The van der Waals surface area contributed by atoms with Crippen molar-refractivity contribution in [1.82, 2.24) is 0 Å². The minimum Gasteiger partial charge on any atom is -0.494 e. The predicted octanol–water partition coefficient (Wildman–Crippen LogP) is 6.77. The smallest absolute Gasteiger partial charge is 0.257 e. The van der Waals surface area contributed by atoms with Gasteiger partial charge in [-0.2, -0.15) is 0 Å². The Kier molecular flexibility index (Phi) is 8.64. The summed E-state index contributed by atoms with van der Waals surface area (Å²) in [5, 5.41) is 5.77. The van der Waals surface area contributed by atoms with Crippen molar-refractivity contribution >= 4 is 23.2 Å². The topological polar surface area (TPSA) is 67.4 Å². The average Bonchev–Trinajstić information content (AvgIpc) is 2.82. The van der Waals surface area contributed by atoms with Crippen LogP contribution in [0.1, 0.15) is 64.4 Å². The van der Waals surface area contributed by atoms with Gasteiger partial charge in [0, 0.05) is 11.3 Å². The van der Waals surface area contributed by atoms with Crippen LogP contribution in [0.2, 0.25) is 0 Å². The van der Waals surface area contributed by atoms with Crippen LogP contribution in [0.5, 0.6) is 5.75 Å². The van der Waals surface area contributed by atoms with E-state index < -0.39 is 0 Å². The third kappa shape index (κ3) is 6.94. The van der Waals surface area contributed by atoms with Crippen LogP contribution >= 0.6 is 0 Å². The summed E-state index contributed by atoms with van der Waals surface area (Å²) >= 11 is 0. The molecule has 0 aliphatic heterocycles. The summed E-state index contributed by atoms with van der Waals surface area (Å²) in [6, 6.07) is 19.8. The Labute approximate surface area is 196 Å². The van der Waals surface area contributed by atoms with E-state index in [-0.39, 0.29) is 11.8 Å². The summed E-state index contributed by atoms with van der Waals surface area (Å²) < 4.78 is 5.74. The molecule has 0 unspecified atom stereocenters.